The molecule has 1 aliphatic rings. The molecule has 0 aromatic heterocycles. The second kappa shape index (κ2) is 7.06. The third-order valence-corrected chi connectivity index (χ3v) is 4.60. The first kappa shape index (κ1) is 14.5. The molecule has 0 bridgehead atoms. The summed E-state index contributed by atoms with van der Waals surface area (Å²) >= 11 is 0. The summed E-state index contributed by atoms with van der Waals surface area (Å²) in [7, 11) is 2.09. The van der Waals surface area contributed by atoms with Gasteiger partial charge in [0.05, 0.1) is 0 Å². The highest BCUT2D eigenvalue weighted by atomic mass is 15.1. The molecular formula is C17H28N2. The van der Waals surface area contributed by atoms with E-state index in [0.29, 0.717) is 5.54 Å². The molecule has 1 aromatic rings. The van der Waals surface area contributed by atoms with Crippen LogP contribution in [0.2, 0.25) is 0 Å². The number of unbranched alkanes of at least 4 members (excludes halogenated alkanes) is 1. The standard InChI is InChI=1S/C17H28N2/c1-17(18-2)11-14-19(15-12-17)13-7-6-10-16-8-4-3-5-9-16/h3-5,8-9,18H,6-7,10-15H2,1-2H3. The summed E-state index contributed by atoms with van der Waals surface area (Å²) in [6.45, 7) is 6.12. The van der Waals surface area contributed by atoms with Crippen LogP contribution in [0.1, 0.15) is 38.2 Å². The van der Waals surface area contributed by atoms with E-state index < -0.39 is 0 Å². The largest absolute Gasteiger partial charge is 0.314 e. The van der Waals surface area contributed by atoms with Crippen LogP contribution < -0.4 is 5.32 Å². The van der Waals surface area contributed by atoms with Crippen molar-refractivity contribution in [2.45, 2.75) is 44.6 Å². The quantitative estimate of drug-likeness (QED) is 0.791. The summed E-state index contributed by atoms with van der Waals surface area (Å²) in [6, 6.07) is 10.8. The van der Waals surface area contributed by atoms with Crippen molar-refractivity contribution in [3.05, 3.63) is 35.9 Å². The van der Waals surface area contributed by atoms with Gasteiger partial charge >= 0.3 is 0 Å². The third-order valence-electron chi connectivity index (χ3n) is 4.60. The zero-order valence-electron chi connectivity index (χ0n) is 12.5. The molecule has 19 heavy (non-hydrogen) atoms. The highest BCUT2D eigenvalue weighted by Gasteiger charge is 2.27. The molecule has 1 fully saturated rings. The Labute approximate surface area is 118 Å². The topological polar surface area (TPSA) is 15.3 Å². The first-order chi connectivity index (χ1) is 9.22. The van der Waals surface area contributed by atoms with Gasteiger partial charge in [0.2, 0.25) is 0 Å². The molecule has 1 aliphatic heterocycles. The second-order valence-corrected chi connectivity index (χ2v) is 6.10. The van der Waals surface area contributed by atoms with E-state index in [2.05, 4.69) is 54.5 Å². The molecule has 2 heteroatoms. The van der Waals surface area contributed by atoms with Crippen LogP contribution >= 0.6 is 0 Å². The Hall–Kier alpha value is -0.860. The first-order valence-electron chi connectivity index (χ1n) is 7.67. The van der Waals surface area contributed by atoms with Gasteiger partial charge < -0.3 is 10.2 Å². The number of aryl methyl sites for hydroxylation is 1. The molecule has 0 spiro atoms. The fraction of sp³-hybridized carbons (Fsp3) is 0.647. The van der Waals surface area contributed by atoms with Gasteiger partial charge in [-0.15, -0.1) is 0 Å². The Morgan fingerprint density at radius 1 is 1.11 bits per heavy atom. The molecule has 106 valence electrons. The number of nitrogens with one attached hydrogen (secondary N) is 1. The van der Waals surface area contributed by atoms with Crippen molar-refractivity contribution in [2.24, 2.45) is 0 Å². The van der Waals surface area contributed by atoms with E-state index in [1.54, 1.807) is 0 Å². The van der Waals surface area contributed by atoms with Gasteiger partial charge in [0.15, 0.2) is 0 Å². The monoisotopic (exact) mass is 260 g/mol. The maximum atomic E-state index is 3.46. The molecule has 1 heterocycles. The summed E-state index contributed by atoms with van der Waals surface area (Å²) in [5.41, 5.74) is 1.85. The SMILES string of the molecule is CNC1(C)CCN(CCCCc2ccccc2)CC1. The number of nitrogens with zero attached hydrogens (tertiary/aromatic N) is 1. The van der Waals surface area contributed by atoms with E-state index >= 15 is 0 Å². The van der Waals surface area contributed by atoms with Crippen LogP contribution in [0.15, 0.2) is 30.3 Å². The normalized spacial score (nSPS) is 19.5. The van der Waals surface area contributed by atoms with Crippen LogP contribution in [0, 0.1) is 0 Å². The van der Waals surface area contributed by atoms with Gasteiger partial charge in [0.25, 0.3) is 0 Å². The fourth-order valence-electron chi connectivity index (χ4n) is 2.83. The predicted molar refractivity (Wildman–Crippen MR) is 82.5 cm³/mol. The van der Waals surface area contributed by atoms with Crippen LogP contribution in [-0.2, 0) is 6.42 Å². The number of benzene rings is 1. The van der Waals surface area contributed by atoms with Gasteiger partial charge in [0.1, 0.15) is 0 Å². The van der Waals surface area contributed by atoms with E-state index in [9.17, 15) is 0 Å². The van der Waals surface area contributed by atoms with E-state index in [1.165, 1.54) is 57.3 Å². The van der Waals surface area contributed by atoms with Crippen molar-refractivity contribution in [2.75, 3.05) is 26.7 Å². The molecule has 1 aromatic carbocycles. The van der Waals surface area contributed by atoms with E-state index in [-0.39, 0.29) is 0 Å². The summed E-state index contributed by atoms with van der Waals surface area (Å²) in [6.07, 6.45) is 6.42. The Bertz CT molecular complexity index is 353. The van der Waals surface area contributed by atoms with Gasteiger partial charge in [-0.05, 0) is 71.3 Å². The number of likely N-dealkylation sites (tertiary alicyclic amines) is 1. The number of hydrogen-bond acceptors (Lipinski definition) is 2. The lowest BCUT2D eigenvalue weighted by molar-refractivity contribution is 0.150. The van der Waals surface area contributed by atoms with Crippen molar-refractivity contribution in [3.8, 4) is 0 Å². The molecule has 2 rings (SSSR count). The average Bonchev–Trinajstić information content (AvgIpc) is 2.47. The van der Waals surface area contributed by atoms with Crippen molar-refractivity contribution >= 4 is 0 Å². The van der Waals surface area contributed by atoms with E-state index in [0.717, 1.165) is 0 Å². The Balaban J connectivity index is 1.60. The van der Waals surface area contributed by atoms with Gasteiger partial charge in [-0.2, -0.15) is 0 Å². The van der Waals surface area contributed by atoms with Crippen LogP contribution in [0.3, 0.4) is 0 Å². The van der Waals surface area contributed by atoms with Crippen LogP contribution in [0.4, 0.5) is 0 Å². The van der Waals surface area contributed by atoms with Gasteiger partial charge in [-0.1, -0.05) is 30.3 Å². The zero-order chi connectivity index (χ0) is 13.6. The molecular weight excluding hydrogens is 232 g/mol. The third kappa shape index (κ3) is 4.63. The summed E-state index contributed by atoms with van der Waals surface area (Å²) in [5.74, 6) is 0. The number of hydrogen-bond donors (Lipinski definition) is 1. The van der Waals surface area contributed by atoms with Crippen molar-refractivity contribution in [3.63, 3.8) is 0 Å². The van der Waals surface area contributed by atoms with Crippen molar-refractivity contribution in [1.82, 2.24) is 10.2 Å². The molecule has 0 aliphatic carbocycles. The molecule has 1 saturated heterocycles. The molecule has 0 radical (unpaired) electrons. The lowest BCUT2D eigenvalue weighted by Gasteiger charge is -2.39. The van der Waals surface area contributed by atoms with Crippen LogP contribution in [0.5, 0.6) is 0 Å². The maximum Gasteiger partial charge on any atom is 0.0174 e. The molecule has 2 nitrogen and oxygen atoms in total. The predicted octanol–water partition coefficient (Wildman–Crippen LogP) is 3.08. The van der Waals surface area contributed by atoms with Gasteiger partial charge in [-0.25, -0.2) is 0 Å². The van der Waals surface area contributed by atoms with E-state index in [1.807, 2.05) is 0 Å². The van der Waals surface area contributed by atoms with Gasteiger partial charge in [0, 0.05) is 5.54 Å². The average molecular weight is 260 g/mol. The second-order valence-electron chi connectivity index (χ2n) is 6.10. The van der Waals surface area contributed by atoms with Crippen LogP contribution in [-0.4, -0.2) is 37.1 Å². The maximum absolute atomic E-state index is 3.46. The van der Waals surface area contributed by atoms with Crippen LogP contribution in [0.25, 0.3) is 0 Å². The molecule has 0 amide bonds. The van der Waals surface area contributed by atoms with Crippen molar-refractivity contribution in [1.29, 1.82) is 0 Å². The minimum atomic E-state index is 0.376. The molecule has 1 N–H and O–H groups in total. The molecule has 0 saturated carbocycles. The number of rotatable bonds is 6. The molecule has 0 unspecified atom stereocenters. The highest BCUT2D eigenvalue weighted by molar-refractivity contribution is 5.14. The first-order valence-corrected chi connectivity index (χ1v) is 7.67. The minimum Gasteiger partial charge on any atom is -0.314 e. The van der Waals surface area contributed by atoms with E-state index in [4.69, 9.17) is 0 Å². The lowest BCUT2D eigenvalue weighted by Crippen LogP contribution is -2.50. The van der Waals surface area contributed by atoms with Gasteiger partial charge in [-0.3, -0.25) is 0 Å². The Kier molecular flexibility index (Phi) is 5.41. The Morgan fingerprint density at radius 2 is 1.79 bits per heavy atom. The highest BCUT2D eigenvalue weighted by Crippen LogP contribution is 2.21. The summed E-state index contributed by atoms with van der Waals surface area (Å²) in [5, 5.41) is 3.46. The zero-order valence-corrected chi connectivity index (χ0v) is 12.5. The smallest absolute Gasteiger partial charge is 0.0174 e. The van der Waals surface area contributed by atoms with Crippen molar-refractivity contribution < 1.29 is 0 Å². The summed E-state index contributed by atoms with van der Waals surface area (Å²) in [4.78, 5) is 2.63. The number of piperidine rings is 1. The fourth-order valence-corrected chi connectivity index (χ4v) is 2.83. The summed E-state index contributed by atoms with van der Waals surface area (Å²) < 4.78 is 0. The lowest BCUT2D eigenvalue weighted by atomic mass is 9.90. The minimum absolute atomic E-state index is 0.376. The Morgan fingerprint density at radius 3 is 2.42 bits per heavy atom. The molecule has 0 atom stereocenters.